The molecule has 8 heteroatoms. The monoisotopic (exact) mass is 529 g/mol. The van der Waals surface area contributed by atoms with Gasteiger partial charge in [0.05, 0.1) is 5.69 Å². The van der Waals surface area contributed by atoms with Gasteiger partial charge in [-0.15, -0.1) is 23.2 Å². The second-order valence-electron chi connectivity index (χ2n) is 6.07. The van der Waals surface area contributed by atoms with Gasteiger partial charge < -0.3 is 4.90 Å². The summed E-state index contributed by atoms with van der Waals surface area (Å²) in [6.45, 7) is 1.39. The van der Waals surface area contributed by atoms with E-state index in [2.05, 4.69) is 32.9 Å². The van der Waals surface area contributed by atoms with Crippen LogP contribution in [-0.4, -0.2) is 36.7 Å². The Morgan fingerprint density at radius 1 is 0.964 bits per heavy atom. The minimum atomic E-state index is -0.418. The number of nitrogens with zero attached hydrogens (tertiary/aromatic N) is 2. The van der Waals surface area contributed by atoms with Gasteiger partial charge >= 0.3 is 0 Å². The third-order valence-electron chi connectivity index (χ3n) is 4.25. The van der Waals surface area contributed by atoms with Crippen molar-refractivity contribution >= 4 is 75.1 Å². The van der Waals surface area contributed by atoms with Crippen LogP contribution in [0.5, 0.6) is 0 Å². The summed E-state index contributed by atoms with van der Waals surface area (Å²) in [6, 6.07) is 14.9. The van der Waals surface area contributed by atoms with Crippen LogP contribution in [0.1, 0.15) is 5.56 Å². The highest BCUT2D eigenvalue weighted by atomic mass is 127. The summed E-state index contributed by atoms with van der Waals surface area (Å²) in [5.74, 6) is 0.219. The summed E-state index contributed by atoms with van der Waals surface area (Å²) in [6.07, 6.45) is 1.60. The number of amides is 2. The van der Waals surface area contributed by atoms with Gasteiger partial charge in [0.2, 0.25) is 0 Å². The number of carbonyl (C=O) groups is 2. The molecule has 1 N–H and O–H groups in total. The first-order chi connectivity index (χ1) is 13.5. The number of nitrogens with one attached hydrogen (secondary N) is 1. The summed E-state index contributed by atoms with van der Waals surface area (Å²) in [5, 5.41) is 1.27. The van der Waals surface area contributed by atoms with E-state index in [1.165, 1.54) is 5.01 Å². The van der Waals surface area contributed by atoms with Gasteiger partial charge in [0.15, 0.2) is 0 Å². The first kappa shape index (κ1) is 21.0. The first-order valence-corrected chi connectivity index (χ1v) is 10.8. The summed E-state index contributed by atoms with van der Waals surface area (Å²) < 4.78 is 1.05. The quantitative estimate of drug-likeness (QED) is 0.255. The Hall–Kier alpha value is -1.77. The summed E-state index contributed by atoms with van der Waals surface area (Å²) in [7, 11) is 0. The van der Waals surface area contributed by atoms with Crippen molar-refractivity contribution in [1.82, 2.24) is 5.43 Å². The molecule has 0 aromatic heterocycles. The number of alkyl halides is 2. The minimum absolute atomic E-state index is 0.102. The number of hydrogen-bond acceptors (Lipinski definition) is 3. The Labute approximate surface area is 187 Å². The zero-order chi connectivity index (χ0) is 20.1. The predicted octanol–water partition coefficient (Wildman–Crippen LogP) is 4.04. The molecule has 0 aliphatic carbocycles. The lowest BCUT2D eigenvalue weighted by Crippen LogP contribution is -2.35. The van der Waals surface area contributed by atoms with E-state index in [1.54, 1.807) is 18.2 Å². The average Bonchev–Trinajstić information content (AvgIpc) is 2.97. The molecule has 2 aromatic carbocycles. The smallest absolute Gasteiger partial charge is 0.282 e. The third-order valence-corrected chi connectivity index (χ3v) is 5.31. The molecule has 2 aromatic rings. The Morgan fingerprint density at radius 3 is 2.14 bits per heavy atom. The van der Waals surface area contributed by atoms with E-state index in [1.807, 2.05) is 36.4 Å². The lowest BCUT2D eigenvalue weighted by atomic mass is 10.1. The molecule has 0 unspecified atom stereocenters. The Morgan fingerprint density at radius 2 is 1.57 bits per heavy atom. The number of benzene rings is 2. The van der Waals surface area contributed by atoms with Crippen LogP contribution in [0.4, 0.5) is 11.4 Å². The molecule has 28 heavy (non-hydrogen) atoms. The van der Waals surface area contributed by atoms with Crippen molar-refractivity contribution in [2.45, 2.75) is 0 Å². The number of halogens is 3. The molecule has 1 aliphatic rings. The molecule has 0 bridgehead atoms. The zero-order valence-electron chi connectivity index (χ0n) is 14.9. The van der Waals surface area contributed by atoms with Crippen molar-refractivity contribution in [1.29, 1.82) is 0 Å². The molecule has 1 saturated heterocycles. The van der Waals surface area contributed by atoms with E-state index >= 15 is 0 Å². The largest absolute Gasteiger partial charge is 0.369 e. The van der Waals surface area contributed by atoms with Crippen LogP contribution >= 0.6 is 45.8 Å². The molecule has 0 radical (unpaired) electrons. The third kappa shape index (κ3) is 4.79. The normalized spacial score (nSPS) is 15.2. The van der Waals surface area contributed by atoms with Gasteiger partial charge in [-0.2, -0.15) is 0 Å². The van der Waals surface area contributed by atoms with Gasteiger partial charge in [0, 0.05) is 34.1 Å². The van der Waals surface area contributed by atoms with Gasteiger partial charge in [-0.05, 0) is 70.6 Å². The van der Waals surface area contributed by atoms with E-state index in [9.17, 15) is 9.59 Å². The maximum Gasteiger partial charge on any atom is 0.282 e. The van der Waals surface area contributed by atoms with Gasteiger partial charge in [0.1, 0.15) is 5.57 Å². The van der Waals surface area contributed by atoms with Crippen molar-refractivity contribution in [2.75, 3.05) is 34.8 Å². The van der Waals surface area contributed by atoms with Crippen molar-refractivity contribution in [3.8, 4) is 0 Å². The van der Waals surface area contributed by atoms with E-state index in [4.69, 9.17) is 23.2 Å². The second kappa shape index (κ2) is 9.62. The summed E-state index contributed by atoms with van der Waals surface area (Å²) >= 11 is 13.9. The number of rotatable bonds is 7. The maximum atomic E-state index is 12.7. The van der Waals surface area contributed by atoms with Crippen molar-refractivity contribution in [3.05, 3.63) is 63.2 Å². The van der Waals surface area contributed by atoms with Crippen LogP contribution in [-0.2, 0) is 9.59 Å². The fourth-order valence-corrected chi connectivity index (χ4v) is 3.62. The van der Waals surface area contributed by atoms with Gasteiger partial charge in [-0.1, -0.05) is 12.1 Å². The Kier molecular flexibility index (Phi) is 7.20. The highest BCUT2D eigenvalue weighted by Gasteiger charge is 2.34. The van der Waals surface area contributed by atoms with Crippen LogP contribution in [0.2, 0.25) is 0 Å². The van der Waals surface area contributed by atoms with Crippen LogP contribution in [0.25, 0.3) is 6.08 Å². The van der Waals surface area contributed by atoms with Gasteiger partial charge in [0.25, 0.3) is 11.8 Å². The number of hydrazine groups is 1. The molecule has 5 nitrogen and oxygen atoms in total. The van der Waals surface area contributed by atoms with Crippen LogP contribution in [0, 0.1) is 3.57 Å². The predicted molar refractivity (Wildman–Crippen MR) is 123 cm³/mol. The van der Waals surface area contributed by atoms with Crippen LogP contribution in [0.15, 0.2) is 54.1 Å². The SMILES string of the molecule is O=C1NN(c2ccc(I)cc2)C(=O)/C1=C\c1ccc(N(CCCl)CCCl)cc1. The molecular weight excluding hydrogens is 512 g/mol. The molecule has 3 rings (SSSR count). The number of carbonyl (C=O) groups excluding carboxylic acids is 2. The Balaban J connectivity index is 1.80. The van der Waals surface area contributed by atoms with E-state index in [0.29, 0.717) is 30.5 Å². The molecular formula is C20H18Cl2IN3O2. The van der Waals surface area contributed by atoms with Crippen LogP contribution < -0.4 is 15.3 Å². The maximum absolute atomic E-state index is 12.7. The topological polar surface area (TPSA) is 52.7 Å². The highest BCUT2D eigenvalue weighted by molar-refractivity contribution is 14.1. The van der Waals surface area contributed by atoms with Crippen molar-refractivity contribution < 1.29 is 9.59 Å². The second-order valence-corrected chi connectivity index (χ2v) is 8.07. The van der Waals surface area contributed by atoms with Gasteiger partial charge in [-0.25, -0.2) is 5.01 Å². The van der Waals surface area contributed by atoms with Crippen molar-refractivity contribution in [2.24, 2.45) is 0 Å². The lowest BCUT2D eigenvalue weighted by molar-refractivity contribution is -0.117. The van der Waals surface area contributed by atoms with Crippen molar-refractivity contribution in [3.63, 3.8) is 0 Å². The standard InChI is InChI=1S/C20H18Cl2IN3O2/c21-9-11-25(12-10-22)16-5-1-14(2-6-16)13-18-19(27)24-26(20(18)28)17-7-3-15(23)4-8-17/h1-8,13H,9-12H2,(H,24,27)/b18-13-. The first-order valence-electron chi connectivity index (χ1n) is 8.63. The summed E-state index contributed by atoms with van der Waals surface area (Å²) in [5.41, 5.74) is 5.09. The molecule has 0 spiro atoms. The molecule has 1 fully saturated rings. The van der Waals surface area contributed by atoms with Gasteiger partial charge in [-0.3, -0.25) is 15.0 Å². The fraction of sp³-hybridized carbons (Fsp3) is 0.200. The minimum Gasteiger partial charge on any atom is -0.369 e. The Bertz CT molecular complexity index is 879. The van der Waals surface area contributed by atoms with E-state index in [-0.39, 0.29) is 11.5 Å². The highest BCUT2D eigenvalue weighted by Crippen LogP contribution is 2.23. The number of anilines is 2. The zero-order valence-corrected chi connectivity index (χ0v) is 18.5. The molecule has 1 heterocycles. The van der Waals surface area contributed by atoms with E-state index < -0.39 is 5.91 Å². The average molecular weight is 530 g/mol. The molecule has 1 aliphatic heterocycles. The molecule has 0 atom stereocenters. The van der Waals surface area contributed by atoms with Crippen LogP contribution in [0.3, 0.4) is 0 Å². The lowest BCUT2D eigenvalue weighted by Gasteiger charge is -2.22. The summed E-state index contributed by atoms with van der Waals surface area (Å²) in [4.78, 5) is 27.1. The molecule has 146 valence electrons. The fourth-order valence-electron chi connectivity index (χ4n) is 2.85. The molecule has 2 amide bonds. The van der Waals surface area contributed by atoms with E-state index in [0.717, 1.165) is 14.8 Å². The number of hydrogen-bond donors (Lipinski definition) is 1. The molecule has 0 saturated carbocycles.